The molecule has 0 N–H and O–H groups in total. The predicted octanol–water partition coefficient (Wildman–Crippen LogP) is 4.12. The van der Waals surface area contributed by atoms with Gasteiger partial charge in [-0.15, -0.1) is 11.3 Å². The molecule has 0 saturated heterocycles. The fraction of sp³-hybridized carbons (Fsp3) is 0.222. The van der Waals surface area contributed by atoms with Crippen LogP contribution in [0.15, 0.2) is 69.5 Å². The van der Waals surface area contributed by atoms with Gasteiger partial charge in [-0.3, -0.25) is 9.36 Å². The normalized spacial score (nSPS) is 11.8. The fourth-order valence-electron chi connectivity index (χ4n) is 4.56. The zero-order chi connectivity index (χ0) is 27.4. The molecule has 0 radical (unpaired) electrons. The Morgan fingerprint density at radius 3 is 2.34 bits per heavy atom. The molecule has 0 fully saturated rings. The minimum absolute atomic E-state index is 0.114. The number of benzene rings is 2. The van der Waals surface area contributed by atoms with Gasteiger partial charge in [0.25, 0.3) is 5.56 Å². The quantitative estimate of drug-likeness (QED) is 0.315. The van der Waals surface area contributed by atoms with Crippen LogP contribution in [0.25, 0.3) is 32.0 Å². The molecule has 38 heavy (non-hydrogen) atoms. The maximum absolute atomic E-state index is 13.7. The summed E-state index contributed by atoms with van der Waals surface area (Å²) in [5, 5.41) is 0.451. The Labute approximate surface area is 223 Å². The third-order valence-electron chi connectivity index (χ3n) is 6.48. The van der Waals surface area contributed by atoms with Crippen molar-refractivity contribution in [2.45, 2.75) is 32.2 Å². The number of hydrogen-bond acceptors (Lipinski definition) is 7. The van der Waals surface area contributed by atoms with Gasteiger partial charge >= 0.3 is 5.69 Å². The molecule has 9 nitrogen and oxygen atoms in total. The van der Waals surface area contributed by atoms with E-state index in [-0.39, 0.29) is 4.90 Å². The second-order valence-corrected chi connectivity index (χ2v) is 12.0. The minimum Gasteiger partial charge on any atom is -0.495 e. The van der Waals surface area contributed by atoms with Crippen LogP contribution < -0.4 is 16.0 Å². The monoisotopic (exact) mass is 550 g/mol. The molecule has 5 rings (SSSR count). The van der Waals surface area contributed by atoms with Crippen molar-refractivity contribution in [3.8, 4) is 27.6 Å². The van der Waals surface area contributed by atoms with Crippen LogP contribution in [0, 0.1) is 13.8 Å². The number of hydrogen-bond donors (Lipinski definition) is 0. The number of ether oxygens (including phenoxy) is 1. The molecule has 0 spiro atoms. The van der Waals surface area contributed by atoms with Crippen molar-refractivity contribution in [1.29, 1.82) is 0 Å². The highest BCUT2D eigenvalue weighted by atomic mass is 32.2. The number of imidazole rings is 1. The standard InChI is InChI=1S/C27H26N4O5S2/c1-6-30-26-23(25(32)31(27(30)33)19-8-10-20(11-9-19)38(5,34)35)17(3)24(37-26)18-7-12-21(22(13-18)36-4)29-14-16(2)28-15-29/h7-15H,6H2,1-5H3. The fourth-order valence-corrected chi connectivity index (χ4v) is 6.54. The van der Waals surface area contributed by atoms with Crippen molar-refractivity contribution >= 4 is 31.4 Å². The summed E-state index contributed by atoms with van der Waals surface area (Å²) >= 11 is 1.39. The first-order chi connectivity index (χ1) is 18.0. The zero-order valence-electron chi connectivity index (χ0n) is 21.5. The van der Waals surface area contributed by atoms with Crippen LogP contribution in [-0.2, 0) is 16.4 Å². The minimum atomic E-state index is -3.41. The molecule has 0 bridgehead atoms. The van der Waals surface area contributed by atoms with Crippen molar-refractivity contribution < 1.29 is 13.2 Å². The molecule has 0 unspecified atom stereocenters. The molecular formula is C27H26N4O5S2. The summed E-state index contributed by atoms with van der Waals surface area (Å²) in [6.07, 6.45) is 4.74. The van der Waals surface area contributed by atoms with E-state index in [0.717, 1.165) is 38.2 Å². The van der Waals surface area contributed by atoms with Gasteiger partial charge in [0, 0.05) is 23.9 Å². The van der Waals surface area contributed by atoms with Gasteiger partial charge in [-0.05, 0) is 68.3 Å². The first-order valence-corrected chi connectivity index (χ1v) is 14.5. The van der Waals surface area contributed by atoms with E-state index in [1.54, 1.807) is 18.0 Å². The summed E-state index contributed by atoms with van der Waals surface area (Å²) in [6, 6.07) is 11.6. The van der Waals surface area contributed by atoms with Gasteiger partial charge in [0.2, 0.25) is 0 Å². The van der Waals surface area contributed by atoms with Gasteiger partial charge in [0.15, 0.2) is 9.84 Å². The number of rotatable bonds is 6. The molecule has 3 heterocycles. The van der Waals surface area contributed by atoms with E-state index in [0.29, 0.717) is 28.2 Å². The van der Waals surface area contributed by atoms with E-state index in [1.807, 2.05) is 49.7 Å². The van der Waals surface area contributed by atoms with E-state index < -0.39 is 21.1 Å². The smallest absolute Gasteiger partial charge is 0.336 e. The number of thiophene rings is 1. The maximum atomic E-state index is 13.7. The molecule has 2 aromatic carbocycles. The molecule has 11 heteroatoms. The number of aromatic nitrogens is 4. The number of methoxy groups -OCH3 is 1. The largest absolute Gasteiger partial charge is 0.495 e. The van der Waals surface area contributed by atoms with Crippen LogP contribution in [0.1, 0.15) is 18.2 Å². The first-order valence-electron chi connectivity index (χ1n) is 11.8. The lowest BCUT2D eigenvalue weighted by Gasteiger charge is -2.11. The topological polar surface area (TPSA) is 105 Å². The molecular weight excluding hydrogens is 524 g/mol. The number of nitrogens with zero attached hydrogens (tertiary/aromatic N) is 4. The lowest BCUT2D eigenvalue weighted by atomic mass is 10.1. The van der Waals surface area contributed by atoms with Crippen LogP contribution in [0.3, 0.4) is 0 Å². The lowest BCUT2D eigenvalue weighted by Crippen LogP contribution is -2.38. The third kappa shape index (κ3) is 4.17. The van der Waals surface area contributed by atoms with Crippen LogP contribution >= 0.6 is 11.3 Å². The molecule has 0 amide bonds. The van der Waals surface area contributed by atoms with Gasteiger partial charge in [0.1, 0.15) is 10.6 Å². The predicted molar refractivity (Wildman–Crippen MR) is 149 cm³/mol. The third-order valence-corrected chi connectivity index (χ3v) is 8.98. The average molecular weight is 551 g/mol. The highest BCUT2D eigenvalue weighted by molar-refractivity contribution is 7.90. The summed E-state index contributed by atoms with van der Waals surface area (Å²) in [4.78, 5) is 33.0. The molecule has 0 saturated carbocycles. The second-order valence-electron chi connectivity index (χ2n) is 8.98. The average Bonchev–Trinajstić information content (AvgIpc) is 3.47. The molecule has 3 aromatic heterocycles. The highest BCUT2D eigenvalue weighted by Crippen LogP contribution is 2.39. The highest BCUT2D eigenvalue weighted by Gasteiger charge is 2.22. The van der Waals surface area contributed by atoms with Gasteiger partial charge in [-0.25, -0.2) is 22.8 Å². The second kappa shape index (κ2) is 9.41. The van der Waals surface area contributed by atoms with Crippen molar-refractivity contribution in [1.82, 2.24) is 18.7 Å². The number of aryl methyl sites for hydroxylation is 3. The molecule has 196 valence electrons. The summed E-state index contributed by atoms with van der Waals surface area (Å²) in [6.45, 7) is 6.00. The summed E-state index contributed by atoms with van der Waals surface area (Å²) < 4.78 is 34.0. The van der Waals surface area contributed by atoms with Crippen molar-refractivity contribution in [2.75, 3.05) is 13.4 Å². The Bertz CT molecular complexity index is 1930. The van der Waals surface area contributed by atoms with E-state index >= 15 is 0 Å². The van der Waals surface area contributed by atoms with Gasteiger partial charge in [0.05, 0.1) is 40.8 Å². The Hall–Kier alpha value is -3.96. The van der Waals surface area contributed by atoms with Crippen LogP contribution in [-0.4, -0.2) is 40.5 Å². The van der Waals surface area contributed by atoms with E-state index in [4.69, 9.17) is 4.74 Å². The molecule has 0 aliphatic rings. The molecule has 0 aliphatic carbocycles. The molecule has 5 aromatic rings. The first kappa shape index (κ1) is 25.7. The van der Waals surface area contributed by atoms with Gasteiger partial charge in [-0.1, -0.05) is 6.07 Å². The Morgan fingerprint density at radius 2 is 1.76 bits per heavy atom. The SMILES string of the molecule is CCn1c(=O)n(-c2ccc(S(C)(=O)=O)cc2)c(=O)c2c(C)c(-c3ccc(-n4cnc(C)c4)c(OC)c3)sc21. The molecule has 0 atom stereocenters. The van der Waals surface area contributed by atoms with E-state index in [9.17, 15) is 18.0 Å². The Kier molecular flexibility index (Phi) is 6.36. The Balaban J connectivity index is 1.72. The van der Waals surface area contributed by atoms with Crippen LogP contribution in [0.5, 0.6) is 5.75 Å². The van der Waals surface area contributed by atoms with Crippen LogP contribution in [0.2, 0.25) is 0 Å². The maximum Gasteiger partial charge on any atom is 0.336 e. The number of fused-ring (bicyclic) bond motifs is 1. The van der Waals surface area contributed by atoms with Crippen LogP contribution in [0.4, 0.5) is 0 Å². The summed E-state index contributed by atoms with van der Waals surface area (Å²) in [7, 11) is -1.81. The van der Waals surface area contributed by atoms with E-state index in [1.165, 1.54) is 35.6 Å². The van der Waals surface area contributed by atoms with Gasteiger partial charge in [-0.2, -0.15) is 0 Å². The van der Waals surface area contributed by atoms with Crippen molar-refractivity contribution in [2.24, 2.45) is 0 Å². The lowest BCUT2D eigenvalue weighted by molar-refractivity contribution is 0.413. The molecule has 0 aliphatic heterocycles. The zero-order valence-corrected chi connectivity index (χ0v) is 23.2. The Morgan fingerprint density at radius 1 is 1.05 bits per heavy atom. The van der Waals surface area contributed by atoms with E-state index in [2.05, 4.69) is 4.98 Å². The van der Waals surface area contributed by atoms with Crippen molar-refractivity contribution in [3.05, 3.63) is 87.1 Å². The summed E-state index contributed by atoms with van der Waals surface area (Å²) in [5.41, 5.74) is 2.72. The number of sulfone groups is 1. The summed E-state index contributed by atoms with van der Waals surface area (Å²) in [5.74, 6) is 0.646. The van der Waals surface area contributed by atoms with Gasteiger partial charge < -0.3 is 9.30 Å². The van der Waals surface area contributed by atoms with Crippen molar-refractivity contribution in [3.63, 3.8) is 0 Å².